The molecule has 0 bridgehead atoms. The predicted octanol–water partition coefficient (Wildman–Crippen LogP) is 0.339. The molecule has 0 aromatic heterocycles. The highest BCUT2D eigenvalue weighted by molar-refractivity contribution is 4.87. The molecule has 3 atom stereocenters. The van der Waals surface area contributed by atoms with Crippen molar-refractivity contribution in [2.45, 2.75) is 50.3 Å². The molecule has 16 heavy (non-hydrogen) atoms. The summed E-state index contributed by atoms with van der Waals surface area (Å²) in [5.41, 5.74) is 5.75. The lowest BCUT2D eigenvalue weighted by Crippen LogP contribution is -2.53. The van der Waals surface area contributed by atoms with E-state index in [1.807, 2.05) is 0 Å². The van der Waals surface area contributed by atoms with E-state index >= 15 is 0 Å². The van der Waals surface area contributed by atoms with Gasteiger partial charge in [0, 0.05) is 25.2 Å². The van der Waals surface area contributed by atoms with Crippen molar-refractivity contribution in [2.75, 3.05) is 26.3 Å². The van der Waals surface area contributed by atoms with Crippen LogP contribution in [0.25, 0.3) is 0 Å². The Kier molecular flexibility index (Phi) is 4.58. The summed E-state index contributed by atoms with van der Waals surface area (Å²) in [5, 5.41) is 8.93. The first-order valence-electron chi connectivity index (χ1n) is 6.53. The lowest BCUT2D eigenvalue weighted by molar-refractivity contribution is -0.0887. The molecule has 0 spiro atoms. The molecule has 1 saturated heterocycles. The Morgan fingerprint density at radius 3 is 3.00 bits per heavy atom. The lowest BCUT2D eigenvalue weighted by atomic mass is 9.90. The number of nitrogens with two attached hydrogens (primary N) is 1. The van der Waals surface area contributed by atoms with Crippen LogP contribution in [-0.2, 0) is 4.74 Å². The standard InChI is InChI=1S/C12H24N2O2/c13-10(9-15)5-6-14-7-8-16-12-4-2-1-3-11(12)14/h10-12,15H,1-9,13H2. The fourth-order valence-corrected chi connectivity index (χ4v) is 2.88. The van der Waals surface area contributed by atoms with Crippen LogP contribution < -0.4 is 5.73 Å². The smallest absolute Gasteiger partial charge is 0.0730 e. The molecule has 3 unspecified atom stereocenters. The normalized spacial score (nSPS) is 33.4. The van der Waals surface area contributed by atoms with E-state index in [2.05, 4.69) is 4.90 Å². The summed E-state index contributed by atoms with van der Waals surface area (Å²) in [4.78, 5) is 2.52. The average Bonchev–Trinajstić information content (AvgIpc) is 2.35. The molecular weight excluding hydrogens is 204 g/mol. The van der Waals surface area contributed by atoms with Gasteiger partial charge >= 0.3 is 0 Å². The molecule has 2 rings (SSSR count). The second-order valence-electron chi connectivity index (χ2n) is 5.03. The van der Waals surface area contributed by atoms with Crippen LogP contribution in [0, 0.1) is 0 Å². The Morgan fingerprint density at radius 1 is 1.38 bits per heavy atom. The molecule has 1 aliphatic carbocycles. The monoisotopic (exact) mass is 228 g/mol. The number of fused-ring (bicyclic) bond motifs is 1. The summed E-state index contributed by atoms with van der Waals surface area (Å²) in [5.74, 6) is 0. The van der Waals surface area contributed by atoms with Gasteiger partial charge in [-0.2, -0.15) is 0 Å². The van der Waals surface area contributed by atoms with Crippen molar-refractivity contribution < 1.29 is 9.84 Å². The maximum atomic E-state index is 8.93. The van der Waals surface area contributed by atoms with E-state index in [9.17, 15) is 0 Å². The van der Waals surface area contributed by atoms with Gasteiger partial charge in [0.1, 0.15) is 0 Å². The van der Waals surface area contributed by atoms with E-state index in [1.54, 1.807) is 0 Å². The van der Waals surface area contributed by atoms with Crippen LogP contribution in [0.15, 0.2) is 0 Å². The van der Waals surface area contributed by atoms with Crippen LogP contribution in [0.5, 0.6) is 0 Å². The van der Waals surface area contributed by atoms with Crippen molar-refractivity contribution in [1.29, 1.82) is 0 Å². The SMILES string of the molecule is NC(CO)CCN1CCOC2CCCCC21. The van der Waals surface area contributed by atoms with Crippen LogP contribution in [0.4, 0.5) is 0 Å². The molecule has 4 heteroatoms. The number of hydrogen-bond donors (Lipinski definition) is 2. The number of morpholine rings is 1. The quantitative estimate of drug-likeness (QED) is 0.728. The fourth-order valence-electron chi connectivity index (χ4n) is 2.88. The van der Waals surface area contributed by atoms with E-state index < -0.39 is 0 Å². The van der Waals surface area contributed by atoms with Gasteiger partial charge in [0.05, 0.1) is 19.3 Å². The maximum absolute atomic E-state index is 8.93. The number of hydrogen-bond acceptors (Lipinski definition) is 4. The molecule has 2 fully saturated rings. The van der Waals surface area contributed by atoms with E-state index in [1.165, 1.54) is 25.7 Å². The van der Waals surface area contributed by atoms with Gasteiger partial charge in [-0.1, -0.05) is 12.8 Å². The highest BCUT2D eigenvalue weighted by atomic mass is 16.5. The van der Waals surface area contributed by atoms with Crippen molar-refractivity contribution in [3.8, 4) is 0 Å². The van der Waals surface area contributed by atoms with E-state index in [-0.39, 0.29) is 12.6 Å². The lowest BCUT2D eigenvalue weighted by Gasteiger charge is -2.44. The minimum absolute atomic E-state index is 0.0649. The zero-order chi connectivity index (χ0) is 11.4. The maximum Gasteiger partial charge on any atom is 0.0730 e. The highest BCUT2D eigenvalue weighted by Crippen LogP contribution is 2.28. The molecule has 1 aliphatic heterocycles. The molecule has 0 radical (unpaired) electrons. The van der Waals surface area contributed by atoms with Gasteiger partial charge in [-0.15, -0.1) is 0 Å². The van der Waals surface area contributed by atoms with Gasteiger partial charge in [-0.3, -0.25) is 4.90 Å². The third kappa shape index (κ3) is 2.94. The molecule has 3 N–H and O–H groups in total. The van der Waals surface area contributed by atoms with E-state index in [0.29, 0.717) is 12.1 Å². The third-order valence-electron chi connectivity index (χ3n) is 3.87. The van der Waals surface area contributed by atoms with Gasteiger partial charge in [-0.25, -0.2) is 0 Å². The Morgan fingerprint density at radius 2 is 2.19 bits per heavy atom. The first-order chi connectivity index (χ1) is 7.81. The minimum atomic E-state index is -0.0649. The zero-order valence-electron chi connectivity index (χ0n) is 9.98. The van der Waals surface area contributed by atoms with Crippen LogP contribution in [-0.4, -0.2) is 54.5 Å². The molecule has 1 saturated carbocycles. The van der Waals surface area contributed by atoms with Gasteiger partial charge in [0.2, 0.25) is 0 Å². The molecule has 0 aromatic carbocycles. The Labute approximate surface area is 97.7 Å². The number of ether oxygens (including phenoxy) is 1. The summed E-state index contributed by atoms with van der Waals surface area (Å²) < 4.78 is 5.82. The van der Waals surface area contributed by atoms with Crippen molar-refractivity contribution in [2.24, 2.45) is 5.73 Å². The number of aliphatic hydroxyl groups excluding tert-OH is 1. The van der Waals surface area contributed by atoms with Crippen LogP contribution >= 0.6 is 0 Å². The topological polar surface area (TPSA) is 58.7 Å². The van der Waals surface area contributed by atoms with E-state index in [0.717, 1.165) is 26.1 Å². The Bertz CT molecular complexity index is 211. The summed E-state index contributed by atoms with van der Waals surface area (Å²) in [6.07, 6.45) is 6.46. The average molecular weight is 228 g/mol. The highest BCUT2D eigenvalue weighted by Gasteiger charge is 2.33. The fraction of sp³-hybridized carbons (Fsp3) is 1.00. The Balaban J connectivity index is 1.82. The number of nitrogens with zero attached hydrogens (tertiary/aromatic N) is 1. The molecule has 4 nitrogen and oxygen atoms in total. The molecule has 1 heterocycles. The second kappa shape index (κ2) is 5.96. The van der Waals surface area contributed by atoms with Crippen molar-refractivity contribution in [3.05, 3.63) is 0 Å². The molecule has 94 valence electrons. The number of aliphatic hydroxyl groups is 1. The van der Waals surface area contributed by atoms with Gasteiger partial charge in [0.25, 0.3) is 0 Å². The van der Waals surface area contributed by atoms with Crippen LogP contribution in [0.1, 0.15) is 32.1 Å². The first-order valence-corrected chi connectivity index (χ1v) is 6.53. The van der Waals surface area contributed by atoms with E-state index in [4.69, 9.17) is 15.6 Å². The van der Waals surface area contributed by atoms with Gasteiger partial charge in [0.15, 0.2) is 0 Å². The summed E-state index contributed by atoms with van der Waals surface area (Å²) in [6, 6.07) is 0.540. The summed E-state index contributed by atoms with van der Waals surface area (Å²) in [6.45, 7) is 2.99. The first kappa shape index (κ1) is 12.3. The summed E-state index contributed by atoms with van der Waals surface area (Å²) in [7, 11) is 0. The predicted molar refractivity (Wildman–Crippen MR) is 63.2 cm³/mol. The third-order valence-corrected chi connectivity index (χ3v) is 3.87. The number of rotatable bonds is 4. The van der Waals surface area contributed by atoms with Crippen molar-refractivity contribution in [1.82, 2.24) is 4.90 Å². The molecule has 0 amide bonds. The van der Waals surface area contributed by atoms with Gasteiger partial charge in [-0.05, 0) is 19.3 Å². The van der Waals surface area contributed by atoms with Crippen molar-refractivity contribution >= 4 is 0 Å². The van der Waals surface area contributed by atoms with Crippen LogP contribution in [0.2, 0.25) is 0 Å². The molecular formula is C12H24N2O2. The summed E-state index contributed by atoms with van der Waals surface area (Å²) >= 11 is 0. The largest absolute Gasteiger partial charge is 0.395 e. The molecule has 0 aromatic rings. The second-order valence-corrected chi connectivity index (χ2v) is 5.03. The zero-order valence-corrected chi connectivity index (χ0v) is 9.98. The van der Waals surface area contributed by atoms with Crippen LogP contribution in [0.3, 0.4) is 0 Å². The van der Waals surface area contributed by atoms with Gasteiger partial charge < -0.3 is 15.6 Å². The Hall–Kier alpha value is -0.160. The van der Waals surface area contributed by atoms with Crippen molar-refractivity contribution in [3.63, 3.8) is 0 Å². The molecule has 2 aliphatic rings. The minimum Gasteiger partial charge on any atom is -0.395 e.